The molecule has 16 heavy (non-hydrogen) atoms. The van der Waals surface area contributed by atoms with E-state index in [1.54, 1.807) is 16.9 Å². The first-order valence-corrected chi connectivity index (χ1v) is 5.41. The normalized spacial score (nSPS) is 10.4. The molecule has 0 aliphatic rings. The van der Waals surface area contributed by atoms with Crippen LogP contribution < -0.4 is 0 Å². The Kier molecular flexibility index (Phi) is 3.05. The van der Waals surface area contributed by atoms with E-state index in [1.165, 1.54) is 23.9 Å². The van der Waals surface area contributed by atoms with Gasteiger partial charge in [0.2, 0.25) is 0 Å². The summed E-state index contributed by atoms with van der Waals surface area (Å²) in [5, 5.41) is 4.01. The lowest BCUT2D eigenvalue weighted by Crippen LogP contribution is -1.85. The predicted molar refractivity (Wildman–Crippen MR) is 59.1 cm³/mol. The molecule has 0 aliphatic heterocycles. The number of hydrogen-bond donors (Lipinski definition) is 0. The number of carbonyl (C=O) groups is 1. The van der Waals surface area contributed by atoms with Gasteiger partial charge in [-0.3, -0.25) is 9.48 Å². The fourth-order valence-electron chi connectivity index (χ4n) is 1.30. The summed E-state index contributed by atoms with van der Waals surface area (Å²) < 4.78 is 14.8. The minimum atomic E-state index is -0.406. The first kappa shape index (κ1) is 10.9. The number of benzene rings is 1. The zero-order valence-electron chi connectivity index (χ0n) is 8.55. The number of nitrogens with zero attached hydrogens (tertiary/aromatic N) is 2. The highest BCUT2D eigenvalue weighted by atomic mass is 32.2. The van der Waals surface area contributed by atoms with Crippen molar-refractivity contribution in [3.8, 4) is 0 Å². The highest BCUT2D eigenvalue weighted by molar-refractivity contribution is 7.99. The maximum Gasteiger partial charge on any atom is 0.150 e. The molecule has 82 valence electrons. The average molecular weight is 236 g/mol. The van der Waals surface area contributed by atoms with Crippen molar-refractivity contribution in [3.63, 3.8) is 0 Å². The monoisotopic (exact) mass is 236 g/mol. The second-order valence-corrected chi connectivity index (χ2v) is 4.44. The summed E-state index contributed by atoms with van der Waals surface area (Å²) in [6, 6.07) is 4.25. The molecular weight excluding hydrogens is 227 g/mol. The molecule has 5 heteroatoms. The number of aromatic nitrogens is 2. The van der Waals surface area contributed by atoms with Crippen molar-refractivity contribution in [1.29, 1.82) is 0 Å². The molecule has 0 saturated carbocycles. The maximum absolute atomic E-state index is 13.1. The molecule has 0 N–H and O–H groups in total. The van der Waals surface area contributed by atoms with Gasteiger partial charge in [-0.25, -0.2) is 4.39 Å². The number of hydrogen-bond acceptors (Lipinski definition) is 3. The lowest BCUT2D eigenvalue weighted by molar-refractivity contribution is 0.112. The summed E-state index contributed by atoms with van der Waals surface area (Å²) in [4.78, 5) is 12.2. The molecule has 0 bridgehead atoms. The second-order valence-electron chi connectivity index (χ2n) is 3.29. The summed E-state index contributed by atoms with van der Waals surface area (Å²) >= 11 is 1.37. The van der Waals surface area contributed by atoms with Gasteiger partial charge in [0.25, 0.3) is 0 Å². The van der Waals surface area contributed by atoms with E-state index in [4.69, 9.17) is 0 Å². The average Bonchev–Trinajstić information content (AvgIpc) is 2.63. The van der Waals surface area contributed by atoms with Gasteiger partial charge in [-0.15, -0.1) is 0 Å². The van der Waals surface area contributed by atoms with Gasteiger partial charge in [-0.2, -0.15) is 5.10 Å². The molecule has 2 aromatic rings. The molecule has 0 unspecified atom stereocenters. The molecule has 0 atom stereocenters. The fraction of sp³-hybridized carbons (Fsp3) is 0.0909. The molecule has 2 rings (SSSR count). The molecule has 0 amide bonds. The Labute approximate surface area is 96.3 Å². The van der Waals surface area contributed by atoms with Crippen molar-refractivity contribution in [3.05, 3.63) is 42.0 Å². The Morgan fingerprint density at radius 2 is 2.19 bits per heavy atom. The highest BCUT2D eigenvalue weighted by Crippen LogP contribution is 2.28. The summed E-state index contributed by atoms with van der Waals surface area (Å²) in [7, 11) is 1.81. The third-order valence-electron chi connectivity index (χ3n) is 1.95. The molecule has 0 spiro atoms. The lowest BCUT2D eigenvalue weighted by atomic mass is 10.2. The lowest BCUT2D eigenvalue weighted by Gasteiger charge is -2.00. The molecule has 1 aromatic carbocycles. The van der Waals surface area contributed by atoms with Crippen LogP contribution in [0, 0.1) is 5.82 Å². The van der Waals surface area contributed by atoms with E-state index in [1.807, 2.05) is 13.2 Å². The van der Waals surface area contributed by atoms with Gasteiger partial charge in [-0.05, 0) is 18.2 Å². The van der Waals surface area contributed by atoms with Crippen molar-refractivity contribution in [2.75, 3.05) is 0 Å². The topological polar surface area (TPSA) is 34.9 Å². The van der Waals surface area contributed by atoms with Crippen LogP contribution in [0.15, 0.2) is 40.4 Å². The van der Waals surface area contributed by atoms with Gasteiger partial charge in [0.15, 0.2) is 0 Å². The Bertz CT molecular complexity index is 524. The quantitative estimate of drug-likeness (QED) is 0.768. The number of aldehydes is 1. The SMILES string of the molecule is Cn1cc(Sc2cc(F)cc(C=O)c2)cn1. The third kappa shape index (κ3) is 2.49. The van der Waals surface area contributed by atoms with Crippen LogP contribution in [0.5, 0.6) is 0 Å². The Morgan fingerprint density at radius 3 is 2.81 bits per heavy atom. The smallest absolute Gasteiger partial charge is 0.150 e. The van der Waals surface area contributed by atoms with E-state index in [0.717, 1.165) is 4.90 Å². The van der Waals surface area contributed by atoms with Crippen molar-refractivity contribution >= 4 is 18.0 Å². The maximum atomic E-state index is 13.1. The zero-order chi connectivity index (χ0) is 11.5. The molecule has 0 fully saturated rings. The largest absolute Gasteiger partial charge is 0.298 e. The van der Waals surface area contributed by atoms with Gasteiger partial charge in [-0.1, -0.05) is 11.8 Å². The molecular formula is C11H9FN2OS. The van der Waals surface area contributed by atoms with Crippen molar-refractivity contribution in [1.82, 2.24) is 9.78 Å². The van der Waals surface area contributed by atoms with Crippen LogP contribution in [0.1, 0.15) is 10.4 Å². The van der Waals surface area contributed by atoms with Crippen LogP contribution in [0.3, 0.4) is 0 Å². The van der Waals surface area contributed by atoms with Gasteiger partial charge >= 0.3 is 0 Å². The van der Waals surface area contributed by atoms with E-state index < -0.39 is 5.82 Å². The minimum absolute atomic E-state index is 0.339. The number of rotatable bonds is 3. The van der Waals surface area contributed by atoms with Crippen LogP contribution in [0.4, 0.5) is 4.39 Å². The van der Waals surface area contributed by atoms with Crippen molar-refractivity contribution in [2.24, 2.45) is 7.05 Å². The molecule has 1 aromatic heterocycles. The van der Waals surface area contributed by atoms with E-state index in [2.05, 4.69) is 5.10 Å². The molecule has 0 saturated heterocycles. The van der Waals surface area contributed by atoms with Crippen molar-refractivity contribution < 1.29 is 9.18 Å². The summed E-state index contributed by atoms with van der Waals surface area (Å²) in [6.45, 7) is 0. The first-order chi connectivity index (χ1) is 7.67. The Hall–Kier alpha value is -1.62. The molecule has 0 aliphatic carbocycles. The van der Waals surface area contributed by atoms with Crippen LogP contribution >= 0.6 is 11.8 Å². The van der Waals surface area contributed by atoms with E-state index in [9.17, 15) is 9.18 Å². The third-order valence-corrected chi connectivity index (χ3v) is 2.86. The highest BCUT2D eigenvalue weighted by Gasteiger charge is 2.03. The van der Waals surface area contributed by atoms with E-state index >= 15 is 0 Å². The van der Waals surface area contributed by atoms with Gasteiger partial charge in [0, 0.05) is 23.7 Å². The summed E-state index contributed by atoms with van der Waals surface area (Å²) in [5.74, 6) is -0.406. The molecule has 1 heterocycles. The van der Waals surface area contributed by atoms with Crippen LogP contribution in [0.25, 0.3) is 0 Å². The predicted octanol–water partition coefficient (Wildman–Crippen LogP) is 2.52. The zero-order valence-corrected chi connectivity index (χ0v) is 9.37. The van der Waals surface area contributed by atoms with E-state index in [0.29, 0.717) is 16.7 Å². The summed E-state index contributed by atoms with van der Waals surface area (Å²) in [5.41, 5.74) is 0.339. The van der Waals surface area contributed by atoms with E-state index in [-0.39, 0.29) is 0 Å². The summed E-state index contributed by atoms with van der Waals surface area (Å²) in [6.07, 6.45) is 4.16. The van der Waals surface area contributed by atoms with Gasteiger partial charge < -0.3 is 0 Å². The fourth-order valence-corrected chi connectivity index (χ4v) is 2.24. The minimum Gasteiger partial charge on any atom is -0.298 e. The van der Waals surface area contributed by atoms with Crippen LogP contribution in [0.2, 0.25) is 0 Å². The number of carbonyl (C=O) groups excluding carboxylic acids is 1. The Balaban J connectivity index is 2.27. The van der Waals surface area contributed by atoms with Crippen LogP contribution in [-0.4, -0.2) is 16.1 Å². The van der Waals surface area contributed by atoms with Crippen molar-refractivity contribution in [2.45, 2.75) is 9.79 Å². The number of aryl methyl sites for hydroxylation is 1. The molecule has 0 radical (unpaired) electrons. The number of halogens is 1. The first-order valence-electron chi connectivity index (χ1n) is 4.59. The Morgan fingerprint density at radius 1 is 1.38 bits per heavy atom. The van der Waals surface area contributed by atoms with Gasteiger partial charge in [0.1, 0.15) is 12.1 Å². The standard InChI is InChI=1S/C11H9FN2OS/c1-14-6-11(5-13-14)16-10-3-8(7-15)2-9(12)4-10/h2-7H,1H3. The molecule has 3 nitrogen and oxygen atoms in total. The second kappa shape index (κ2) is 4.49. The van der Waals surface area contributed by atoms with Gasteiger partial charge in [0.05, 0.1) is 11.1 Å². The van der Waals surface area contributed by atoms with Crippen LogP contribution in [-0.2, 0) is 7.05 Å².